The lowest BCUT2D eigenvalue weighted by molar-refractivity contribution is -0.197. The summed E-state index contributed by atoms with van der Waals surface area (Å²) in [5.74, 6) is -1.16. The van der Waals surface area contributed by atoms with Gasteiger partial charge in [0.15, 0.2) is 0 Å². The molecule has 1 aliphatic rings. The Bertz CT molecular complexity index is 418. The highest BCUT2D eigenvalue weighted by atomic mass is 16.7. The maximum absolute atomic E-state index is 11.5. The van der Waals surface area contributed by atoms with E-state index in [1.165, 1.54) is 0 Å². The molecule has 0 aliphatic carbocycles. The predicted molar refractivity (Wildman–Crippen MR) is 78.1 cm³/mol. The van der Waals surface area contributed by atoms with E-state index in [2.05, 4.69) is 19.2 Å². The number of nitrogens with zero attached hydrogens (tertiary/aromatic N) is 1. The number of hydrogen-bond acceptors (Lipinski definition) is 5. The van der Waals surface area contributed by atoms with E-state index in [0.717, 1.165) is 12.8 Å². The van der Waals surface area contributed by atoms with Crippen LogP contribution in [0.15, 0.2) is 0 Å². The van der Waals surface area contributed by atoms with E-state index in [9.17, 15) is 19.2 Å². The van der Waals surface area contributed by atoms with Crippen molar-refractivity contribution in [3.63, 3.8) is 0 Å². The first-order chi connectivity index (χ1) is 10.4. The minimum Gasteiger partial charge on any atom is -0.356 e. The molecule has 1 heterocycles. The van der Waals surface area contributed by atoms with E-state index in [0.29, 0.717) is 23.9 Å². The van der Waals surface area contributed by atoms with E-state index in [1.54, 1.807) is 0 Å². The van der Waals surface area contributed by atoms with Gasteiger partial charge in [0.25, 0.3) is 11.8 Å². The van der Waals surface area contributed by atoms with E-state index in [4.69, 9.17) is 4.84 Å². The molecule has 1 rings (SSSR count). The lowest BCUT2D eigenvalue weighted by Crippen LogP contribution is -2.32. The van der Waals surface area contributed by atoms with Gasteiger partial charge >= 0.3 is 5.97 Å². The van der Waals surface area contributed by atoms with Crippen LogP contribution >= 0.6 is 0 Å². The number of imide groups is 1. The van der Waals surface area contributed by atoms with E-state index in [-0.39, 0.29) is 31.6 Å². The summed E-state index contributed by atoms with van der Waals surface area (Å²) in [5, 5.41) is 3.31. The predicted octanol–water partition coefficient (Wildman–Crippen LogP) is 1.32. The normalized spacial score (nSPS) is 14.6. The molecule has 0 atom stereocenters. The van der Waals surface area contributed by atoms with Crippen LogP contribution in [0.4, 0.5) is 0 Å². The molecule has 0 spiro atoms. The maximum atomic E-state index is 11.5. The zero-order chi connectivity index (χ0) is 16.5. The van der Waals surface area contributed by atoms with Gasteiger partial charge in [0.2, 0.25) is 5.91 Å². The molecule has 1 aliphatic heterocycles. The zero-order valence-electron chi connectivity index (χ0n) is 13.2. The van der Waals surface area contributed by atoms with E-state index < -0.39 is 17.8 Å². The highest BCUT2D eigenvalue weighted by Crippen LogP contribution is 2.13. The number of carbonyl (C=O) groups excluding carboxylic acids is 4. The highest BCUT2D eigenvalue weighted by molar-refractivity contribution is 6.01. The van der Waals surface area contributed by atoms with Crippen molar-refractivity contribution >= 4 is 23.7 Å². The Hall–Kier alpha value is -1.92. The van der Waals surface area contributed by atoms with Crippen molar-refractivity contribution in [3.8, 4) is 0 Å². The van der Waals surface area contributed by atoms with Gasteiger partial charge in [0.1, 0.15) is 0 Å². The third kappa shape index (κ3) is 6.69. The van der Waals surface area contributed by atoms with Crippen molar-refractivity contribution in [1.82, 2.24) is 10.4 Å². The van der Waals surface area contributed by atoms with Crippen LogP contribution in [0.5, 0.6) is 0 Å². The number of hydroxylamine groups is 2. The van der Waals surface area contributed by atoms with Crippen LogP contribution in [0.3, 0.4) is 0 Å². The first-order valence-electron chi connectivity index (χ1n) is 7.73. The fourth-order valence-electron chi connectivity index (χ4n) is 2.03. The number of rotatable bonds is 9. The quantitative estimate of drug-likeness (QED) is 0.512. The number of carbonyl (C=O) groups is 4. The molecule has 1 fully saturated rings. The molecule has 7 nitrogen and oxygen atoms in total. The van der Waals surface area contributed by atoms with Crippen molar-refractivity contribution < 1.29 is 24.0 Å². The third-order valence-electron chi connectivity index (χ3n) is 3.26. The molecule has 1 N–H and O–H groups in total. The summed E-state index contributed by atoms with van der Waals surface area (Å²) < 4.78 is 0. The molecule has 0 unspecified atom stereocenters. The van der Waals surface area contributed by atoms with Crippen LogP contribution in [0.2, 0.25) is 0 Å². The Balaban J connectivity index is 2.10. The second kappa shape index (κ2) is 9.17. The Kier molecular flexibility index (Phi) is 7.56. The van der Waals surface area contributed by atoms with Crippen LogP contribution in [0, 0.1) is 5.92 Å². The van der Waals surface area contributed by atoms with Crippen molar-refractivity contribution in [1.29, 1.82) is 0 Å². The van der Waals surface area contributed by atoms with Gasteiger partial charge in [0.05, 0.1) is 0 Å². The van der Waals surface area contributed by atoms with Gasteiger partial charge in [-0.05, 0) is 25.2 Å². The van der Waals surface area contributed by atoms with Gasteiger partial charge < -0.3 is 10.2 Å². The summed E-state index contributed by atoms with van der Waals surface area (Å²) in [4.78, 5) is 50.3. The SMILES string of the molecule is CC(C)CCCNC(=O)CCCC(=O)ON1C(=O)CCC1=O. The average molecular weight is 312 g/mol. The molecule has 0 radical (unpaired) electrons. The van der Waals surface area contributed by atoms with Gasteiger partial charge in [-0.15, -0.1) is 5.06 Å². The zero-order valence-corrected chi connectivity index (χ0v) is 13.2. The summed E-state index contributed by atoms with van der Waals surface area (Å²) in [6, 6.07) is 0. The molecule has 0 aromatic heterocycles. The Morgan fingerprint density at radius 1 is 1.14 bits per heavy atom. The van der Waals surface area contributed by atoms with Crippen LogP contribution < -0.4 is 5.32 Å². The molecule has 0 saturated carbocycles. The molecule has 7 heteroatoms. The van der Waals surface area contributed by atoms with Gasteiger partial charge in [-0.1, -0.05) is 13.8 Å². The summed E-state index contributed by atoms with van der Waals surface area (Å²) in [6.07, 6.45) is 2.69. The number of nitrogens with one attached hydrogen (secondary N) is 1. The molecular weight excluding hydrogens is 288 g/mol. The monoisotopic (exact) mass is 312 g/mol. The Morgan fingerprint density at radius 2 is 1.77 bits per heavy atom. The molecule has 124 valence electrons. The highest BCUT2D eigenvalue weighted by Gasteiger charge is 2.32. The van der Waals surface area contributed by atoms with Crippen molar-refractivity contribution in [2.75, 3.05) is 6.54 Å². The van der Waals surface area contributed by atoms with Crippen LogP contribution in [0.1, 0.15) is 58.8 Å². The fraction of sp³-hybridized carbons (Fsp3) is 0.733. The minimum atomic E-state index is -0.670. The summed E-state index contributed by atoms with van der Waals surface area (Å²) in [7, 11) is 0. The topological polar surface area (TPSA) is 92.8 Å². The van der Waals surface area contributed by atoms with Gasteiger partial charge in [-0.25, -0.2) is 4.79 Å². The number of hydrogen-bond donors (Lipinski definition) is 1. The third-order valence-corrected chi connectivity index (χ3v) is 3.26. The van der Waals surface area contributed by atoms with E-state index >= 15 is 0 Å². The summed E-state index contributed by atoms with van der Waals surface area (Å²) >= 11 is 0. The molecule has 0 aromatic carbocycles. The van der Waals surface area contributed by atoms with Gasteiger partial charge in [-0.3, -0.25) is 14.4 Å². The fourth-order valence-corrected chi connectivity index (χ4v) is 2.03. The van der Waals surface area contributed by atoms with Crippen LogP contribution in [-0.2, 0) is 24.0 Å². The molecule has 0 bridgehead atoms. The van der Waals surface area contributed by atoms with Gasteiger partial charge in [0, 0.05) is 32.2 Å². The van der Waals surface area contributed by atoms with Gasteiger partial charge in [-0.2, -0.15) is 0 Å². The largest absolute Gasteiger partial charge is 0.356 e. The lowest BCUT2D eigenvalue weighted by Gasteiger charge is -2.12. The molecule has 1 saturated heterocycles. The molecule has 3 amide bonds. The summed E-state index contributed by atoms with van der Waals surface area (Å²) in [6.45, 7) is 4.89. The van der Waals surface area contributed by atoms with Crippen molar-refractivity contribution in [3.05, 3.63) is 0 Å². The summed E-state index contributed by atoms with van der Waals surface area (Å²) in [5.41, 5.74) is 0. The molecule has 0 aromatic rings. The smallest absolute Gasteiger partial charge is 0.333 e. The molecule has 22 heavy (non-hydrogen) atoms. The minimum absolute atomic E-state index is 0.00350. The Labute approximate surface area is 130 Å². The lowest BCUT2D eigenvalue weighted by atomic mass is 10.1. The standard InChI is InChI=1S/C15H24N2O5/c1-11(2)5-4-10-16-12(18)6-3-7-15(21)22-17-13(19)8-9-14(17)20/h11H,3-10H2,1-2H3,(H,16,18). The van der Waals surface area contributed by atoms with Crippen LogP contribution in [-0.4, -0.2) is 35.3 Å². The van der Waals surface area contributed by atoms with Crippen molar-refractivity contribution in [2.24, 2.45) is 5.92 Å². The molecular formula is C15H24N2O5. The van der Waals surface area contributed by atoms with Crippen LogP contribution in [0.25, 0.3) is 0 Å². The average Bonchev–Trinajstić information content (AvgIpc) is 2.75. The second-order valence-electron chi connectivity index (χ2n) is 5.78. The first kappa shape index (κ1) is 18.1. The second-order valence-corrected chi connectivity index (χ2v) is 5.78. The number of amides is 3. The first-order valence-corrected chi connectivity index (χ1v) is 7.73. The maximum Gasteiger partial charge on any atom is 0.333 e. The van der Waals surface area contributed by atoms with E-state index in [1.807, 2.05) is 0 Å². The van der Waals surface area contributed by atoms with Crippen molar-refractivity contribution in [2.45, 2.75) is 58.8 Å². The Morgan fingerprint density at radius 3 is 2.36 bits per heavy atom.